The summed E-state index contributed by atoms with van der Waals surface area (Å²) in [7, 11) is 6.33. The highest BCUT2D eigenvalue weighted by atomic mass is 16.5. The van der Waals surface area contributed by atoms with Crippen molar-refractivity contribution in [1.82, 2.24) is 0 Å². The van der Waals surface area contributed by atoms with E-state index in [-0.39, 0.29) is 5.91 Å². The van der Waals surface area contributed by atoms with Gasteiger partial charge in [0.05, 0.1) is 34.0 Å². The Labute approximate surface area is 181 Å². The third kappa shape index (κ3) is 3.59. The lowest BCUT2D eigenvalue weighted by molar-refractivity contribution is 0.0974. The molecular formula is C24H24N2O5. The number of hydrogen-bond acceptors (Lipinski definition) is 6. The number of nitrogens with zero attached hydrogens (tertiary/aromatic N) is 1. The van der Waals surface area contributed by atoms with Crippen molar-refractivity contribution >= 4 is 17.3 Å². The van der Waals surface area contributed by atoms with Crippen LogP contribution in [-0.4, -0.2) is 34.3 Å². The van der Waals surface area contributed by atoms with Crippen molar-refractivity contribution in [3.05, 3.63) is 71.8 Å². The molecular weight excluding hydrogens is 396 g/mol. The molecule has 0 spiro atoms. The summed E-state index contributed by atoms with van der Waals surface area (Å²) in [5, 5.41) is 3.48. The summed E-state index contributed by atoms with van der Waals surface area (Å²) in [6, 6.07) is 18.4. The Morgan fingerprint density at radius 3 is 2.06 bits per heavy atom. The summed E-state index contributed by atoms with van der Waals surface area (Å²) < 4.78 is 21.8. The predicted molar refractivity (Wildman–Crippen MR) is 119 cm³/mol. The monoisotopic (exact) mass is 420 g/mol. The highest BCUT2D eigenvalue weighted by molar-refractivity contribution is 6.12. The molecule has 4 rings (SSSR count). The van der Waals surface area contributed by atoms with Gasteiger partial charge in [0.25, 0.3) is 5.91 Å². The molecule has 3 aromatic carbocycles. The first kappa shape index (κ1) is 20.4. The number of amides is 1. The molecule has 0 saturated carbocycles. The second-order valence-electron chi connectivity index (χ2n) is 6.91. The van der Waals surface area contributed by atoms with Crippen LogP contribution in [0.3, 0.4) is 0 Å². The van der Waals surface area contributed by atoms with Crippen LogP contribution in [0.2, 0.25) is 0 Å². The second kappa shape index (κ2) is 8.47. The van der Waals surface area contributed by atoms with E-state index in [1.807, 2.05) is 54.6 Å². The van der Waals surface area contributed by atoms with Crippen molar-refractivity contribution in [3.8, 4) is 23.0 Å². The zero-order valence-corrected chi connectivity index (χ0v) is 17.8. The largest absolute Gasteiger partial charge is 0.497 e. The van der Waals surface area contributed by atoms with E-state index in [9.17, 15) is 4.79 Å². The molecule has 31 heavy (non-hydrogen) atoms. The molecule has 0 fully saturated rings. The van der Waals surface area contributed by atoms with Gasteiger partial charge >= 0.3 is 0 Å². The number of fused-ring (bicyclic) bond motifs is 1. The summed E-state index contributed by atoms with van der Waals surface area (Å²) in [6.45, 7) is 0. The average molecular weight is 420 g/mol. The molecule has 0 bridgehead atoms. The van der Waals surface area contributed by atoms with Crippen LogP contribution in [0.1, 0.15) is 22.1 Å². The van der Waals surface area contributed by atoms with Crippen LogP contribution in [0.4, 0.5) is 11.4 Å². The van der Waals surface area contributed by atoms with Crippen LogP contribution in [0.5, 0.6) is 23.0 Å². The average Bonchev–Trinajstić information content (AvgIpc) is 2.83. The van der Waals surface area contributed by atoms with Gasteiger partial charge in [-0.15, -0.1) is 0 Å². The molecule has 1 N–H and O–H groups in total. The van der Waals surface area contributed by atoms with Crippen LogP contribution in [-0.2, 0) is 0 Å². The number of carbonyl (C=O) groups is 1. The summed E-state index contributed by atoms with van der Waals surface area (Å²) >= 11 is 0. The van der Waals surface area contributed by atoms with Crippen LogP contribution < -0.4 is 29.2 Å². The van der Waals surface area contributed by atoms with Crippen molar-refractivity contribution in [3.63, 3.8) is 0 Å². The minimum atomic E-state index is -0.537. The molecule has 3 aromatic rings. The summed E-state index contributed by atoms with van der Waals surface area (Å²) in [4.78, 5) is 15.3. The van der Waals surface area contributed by atoms with Gasteiger partial charge in [0.1, 0.15) is 17.7 Å². The number of anilines is 2. The van der Waals surface area contributed by atoms with E-state index in [4.69, 9.17) is 18.9 Å². The Kier molecular flexibility index (Phi) is 5.58. The van der Waals surface area contributed by atoms with Gasteiger partial charge in [-0.3, -0.25) is 9.69 Å². The molecule has 7 nitrogen and oxygen atoms in total. The topological polar surface area (TPSA) is 69.3 Å². The van der Waals surface area contributed by atoms with Gasteiger partial charge in [0.2, 0.25) is 0 Å². The van der Waals surface area contributed by atoms with Gasteiger partial charge in [-0.05, 0) is 42.5 Å². The fourth-order valence-electron chi connectivity index (χ4n) is 3.75. The third-order valence-electron chi connectivity index (χ3n) is 5.31. The number of carbonyl (C=O) groups excluding carboxylic acids is 1. The Morgan fingerprint density at radius 2 is 1.42 bits per heavy atom. The van der Waals surface area contributed by atoms with Crippen molar-refractivity contribution in [1.29, 1.82) is 0 Å². The van der Waals surface area contributed by atoms with Gasteiger partial charge in [-0.2, -0.15) is 0 Å². The number of benzene rings is 3. The van der Waals surface area contributed by atoms with E-state index in [2.05, 4.69) is 5.32 Å². The number of rotatable bonds is 6. The van der Waals surface area contributed by atoms with Crippen molar-refractivity contribution < 1.29 is 23.7 Å². The zero-order chi connectivity index (χ0) is 22.0. The minimum absolute atomic E-state index is 0.124. The second-order valence-corrected chi connectivity index (χ2v) is 6.91. The standard InChI is InChI=1S/C24H24N2O5/c1-28-16-11-9-15(10-12-16)26-23(25-19-8-6-5-7-17(19)24(26)27)18-13-21(30-3)22(31-4)14-20(18)29-2/h5-14,23,25H,1-4H3. The number of para-hydroxylation sites is 1. The van der Waals surface area contributed by atoms with E-state index in [1.54, 1.807) is 39.4 Å². The molecule has 1 atom stereocenters. The Hall–Kier alpha value is -3.87. The van der Waals surface area contributed by atoms with Crippen molar-refractivity contribution in [2.45, 2.75) is 6.17 Å². The first-order valence-corrected chi connectivity index (χ1v) is 9.74. The molecule has 0 aliphatic carbocycles. The van der Waals surface area contributed by atoms with E-state index in [0.29, 0.717) is 28.6 Å². The summed E-state index contributed by atoms with van der Waals surface area (Å²) in [5.41, 5.74) is 2.79. The molecule has 1 aliphatic heterocycles. The molecule has 0 saturated heterocycles. The molecule has 160 valence electrons. The van der Waals surface area contributed by atoms with Gasteiger partial charge in [-0.25, -0.2) is 0 Å². The maximum Gasteiger partial charge on any atom is 0.262 e. The molecule has 1 heterocycles. The number of hydrogen-bond donors (Lipinski definition) is 1. The maximum atomic E-state index is 13.6. The SMILES string of the molecule is COc1ccc(N2C(=O)c3ccccc3NC2c2cc(OC)c(OC)cc2OC)cc1. The molecule has 0 aromatic heterocycles. The number of ether oxygens (including phenoxy) is 4. The van der Waals surface area contributed by atoms with Crippen molar-refractivity contribution in [2.75, 3.05) is 38.7 Å². The lowest BCUT2D eigenvalue weighted by atomic mass is 10.0. The van der Waals surface area contributed by atoms with Gasteiger partial charge in [0, 0.05) is 23.0 Å². The molecule has 0 radical (unpaired) electrons. The van der Waals surface area contributed by atoms with Crippen LogP contribution in [0, 0.1) is 0 Å². The van der Waals surface area contributed by atoms with Crippen LogP contribution in [0.15, 0.2) is 60.7 Å². The normalized spacial score (nSPS) is 15.0. The fourth-order valence-corrected chi connectivity index (χ4v) is 3.75. The Balaban J connectivity index is 1.90. The smallest absolute Gasteiger partial charge is 0.262 e. The first-order chi connectivity index (χ1) is 15.1. The van der Waals surface area contributed by atoms with E-state index >= 15 is 0 Å². The Bertz CT molecular complexity index is 1100. The maximum absolute atomic E-state index is 13.6. The van der Waals surface area contributed by atoms with Gasteiger partial charge < -0.3 is 24.3 Å². The predicted octanol–water partition coefficient (Wildman–Crippen LogP) is 4.49. The fraction of sp³-hybridized carbons (Fsp3) is 0.208. The summed E-state index contributed by atoms with van der Waals surface area (Å²) in [6.07, 6.45) is -0.537. The Morgan fingerprint density at radius 1 is 0.774 bits per heavy atom. The van der Waals surface area contributed by atoms with E-state index in [0.717, 1.165) is 16.9 Å². The molecule has 7 heteroatoms. The first-order valence-electron chi connectivity index (χ1n) is 9.74. The molecule has 1 unspecified atom stereocenters. The minimum Gasteiger partial charge on any atom is -0.497 e. The lowest BCUT2D eigenvalue weighted by Crippen LogP contribution is -2.43. The number of methoxy groups -OCH3 is 4. The van der Waals surface area contributed by atoms with Crippen LogP contribution in [0.25, 0.3) is 0 Å². The van der Waals surface area contributed by atoms with E-state index in [1.165, 1.54) is 0 Å². The quantitative estimate of drug-likeness (QED) is 0.634. The zero-order valence-electron chi connectivity index (χ0n) is 17.8. The lowest BCUT2D eigenvalue weighted by Gasteiger charge is -2.38. The molecule has 1 amide bonds. The van der Waals surface area contributed by atoms with Gasteiger partial charge in [-0.1, -0.05) is 12.1 Å². The molecule has 1 aliphatic rings. The highest BCUT2D eigenvalue weighted by Gasteiger charge is 2.36. The van der Waals surface area contributed by atoms with E-state index < -0.39 is 6.17 Å². The summed E-state index contributed by atoms with van der Waals surface area (Å²) in [5.74, 6) is 2.24. The third-order valence-corrected chi connectivity index (χ3v) is 5.31. The van der Waals surface area contributed by atoms with Gasteiger partial charge in [0.15, 0.2) is 11.5 Å². The number of nitrogens with one attached hydrogen (secondary N) is 1. The van der Waals surface area contributed by atoms with Crippen LogP contribution >= 0.6 is 0 Å². The highest BCUT2D eigenvalue weighted by Crippen LogP contribution is 2.43. The van der Waals surface area contributed by atoms with Crippen molar-refractivity contribution in [2.24, 2.45) is 0 Å².